The second kappa shape index (κ2) is 44.4. The third-order valence-corrected chi connectivity index (χ3v) is 13.4. The Bertz CT molecular complexity index is 1480. The van der Waals surface area contributed by atoms with Gasteiger partial charge in [0, 0.05) is 44.5 Å². The summed E-state index contributed by atoms with van der Waals surface area (Å²) in [6.07, 6.45) is 8.64. The highest BCUT2D eigenvalue weighted by Crippen LogP contribution is 2.45. The summed E-state index contributed by atoms with van der Waals surface area (Å²) in [7, 11) is 5.50. The van der Waals surface area contributed by atoms with E-state index in [2.05, 4.69) is 44.8 Å². The van der Waals surface area contributed by atoms with Crippen molar-refractivity contribution in [1.82, 2.24) is 5.48 Å². The predicted octanol–water partition coefficient (Wildman–Crippen LogP) is 10.2. The summed E-state index contributed by atoms with van der Waals surface area (Å²) in [4.78, 5) is 17.2. The zero-order valence-electron chi connectivity index (χ0n) is 48.7. The number of hydrogen-bond acceptors (Lipinski definition) is 18. The van der Waals surface area contributed by atoms with Gasteiger partial charge < -0.3 is 63.1 Å². The third-order valence-electron chi connectivity index (χ3n) is 11.7. The van der Waals surface area contributed by atoms with E-state index in [-0.39, 0.29) is 30.6 Å². The lowest BCUT2D eigenvalue weighted by atomic mass is 10.00. The van der Waals surface area contributed by atoms with E-state index in [1.54, 1.807) is 25.8 Å². The molecule has 0 saturated carbocycles. The number of ether oxygens (including phenoxy) is 9. The highest BCUT2D eigenvalue weighted by atomic mass is 32.2. The van der Waals surface area contributed by atoms with Gasteiger partial charge in [0.15, 0.2) is 36.7 Å². The van der Waals surface area contributed by atoms with E-state index in [0.29, 0.717) is 46.8 Å². The first-order valence-electron chi connectivity index (χ1n) is 26.2. The number of nitrogens with one attached hydrogen (secondary N) is 1. The summed E-state index contributed by atoms with van der Waals surface area (Å²) < 4.78 is 50.8. The molecule has 0 bridgehead atoms. The number of hydrogen-bond donors (Lipinski definition) is 5. The first-order valence-corrected chi connectivity index (χ1v) is 28.9. The largest absolute Gasteiger partial charge is 0.492 e. The minimum absolute atomic E-state index is 0.0415. The molecule has 4 fully saturated rings. The number of thioether (sulfide) groups is 2. The van der Waals surface area contributed by atoms with E-state index in [1.807, 2.05) is 94.8 Å². The molecule has 4 aliphatic heterocycles. The molecule has 0 aliphatic carbocycles. The van der Waals surface area contributed by atoms with E-state index in [1.165, 1.54) is 19.8 Å². The van der Waals surface area contributed by atoms with Crippen LogP contribution in [0.5, 0.6) is 17.2 Å². The monoisotopic (exact) mass is 1070 g/mol. The van der Waals surface area contributed by atoms with Gasteiger partial charge >= 0.3 is 0 Å². The van der Waals surface area contributed by atoms with Crippen LogP contribution in [0, 0.1) is 19.8 Å². The van der Waals surface area contributed by atoms with Crippen molar-refractivity contribution in [2.75, 3.05) is 53.3 Å². The number of aliphatic hydroxyl groups is 4. The number of hydroxylamine groups is 1. The van der Waals surface area contributed by atoms with Crippen LogP contribution in [0.25, 0.3) is 0 Å². The molecule has 1 aromatic rings. The van der Waals surface area contributed by atoms with Crippen molar-refractivity contribution in [3.05, 3.63) is 28.3 Å². The van der Waals surface area contributed by atoms with Crippen LogP contribution in [0.1, 0.15) is 163 Å². The summed E-state index contributed by atoms with van der Waals surface area (Å²) in [5.41, 5.74) is 6.24. The van der Waals surface area contributed by atoms with Gasteiger partial charge in [-0.1, -0.05) is 74.0 Å². The number of aliphatic hydroxyl groups excluding tert-OH is 4. The molecule has 18 heteroatoms. The van der Waals surface area contributed by atoms with Gasteiger partial charge in [0.25, 0.3) is 0 Å². The molecular weight excluding hydrogens is 967 g/mol. The lowest BCUT2D eigenvalue weighted by Crippen LogP contribution is -2.56. The highest BCUT2D eigenvalue weighted by molar-refractivity contribution is 7.99. The van der Waals surface area contributed by atoms with E-state index in [0.717, 1.165) is 69.0 Å². The second-order valence-corrected chi connectivity index (χ2v) is 18.6. The molecule has 4 saturated heterocycles. The quantitative estimate of drug-likeness (QED) is 0.0594. The molecule has 72 heavy (non-hydrogen) atoms. The molecule has 4 aliphatic rings. The minimum Gasteiger partial charge on any atom is -0.492 e. The van der Waals surface area contributed by atoms with Gasteiger partial charge in [-0.3, -0.25) is 9.63 Å². The number of carbonyl (C=O) groups is 1. The fourth-order valence-corrected chi connectivity index (χ4v) is 9.05. The maximum Gasteiger partial charge on any atom is 0.204 e. The van der Waals surface area contributed by atoms with E-state index in [9.17, 15) is 15.0 Å². The van der Waals surface area contributed by atoms with E-state index >= 15 is 0 Å². The Balaban J connectivity index is -0.000000999. The van der Waals surface area contributed by atoms with Crippen LogP contribution in [0.3, 0.4) is 0 Å². The molecule has 9 unspecified atom stereocenters. The van der Waals surface area contributed by atoms with Gasteiger partial charge in [0.2, 0.25) is 12.0 Å². The van der Waals surface area contributed by atoms with Crippen molar-refractivity contribution in [3.63, 3.8) is 0 Å². The summed E-state index contributed by atoms with van der Waals surface area (Å²) in [6.45, 7) is 32.5. The first kappa shape index (κ1) is 74.5. The molecule has 4 heterocycles. The number of aldehydes is 1. The number of benzene rings is 1. The summed E-state index contributed by atoms with van der Waals surface area (Å²) in [5.74, 6) is 2.76. The summed E-state index contributed by atoms with van der Waals surface area (Å²) >= 11 is 3.64. The standard InChI is InChI=1S/C21H39NO5S2.C18H26O7.C6H12O2.4C2H6.CH4O/c1-13(9-10-28-5)11-14(2)24-20-12-17(23)21(16(4)26-20)22-27-19-8-7-18(29-6)15(3)25-19;1-9-10(2)16(18(23-6)17(22-5)12(9)8-19)25-14-7-13(21-4)15(20)11(3)24-14;1-5-2-3-6(7)8-4-5;5*1-2/h9,14-23H,7-8,10-12H2,1-6H3;8,11,13-15,20H,7H2,1-6H3;5-7H,2-4H2,1H3;4*1-2H3;2H,1H3/b13-9-;;;;;;;/t14-,15?,16?,17?,18-,19?,20?,21+;11-,13-,14?,15?;;;;;;/m00....../s1. The number of methoxy groups -OCH3 is 3. The molecule has 1 aromatic carbocycles. The van der Waals surface area contributed by atoms with Crippen LogP contribution < -0.4 is 19.7 Å². The maximum atomic E-state index is 11.4. The van der Waals surface area contributed by atoms with Gasteiger partial charge in [-0.2, -0.15) is 29.0 Å². The molecule has 0 amide bonds. The molecule has 0 spiro atoms. The van der Waals surface area contributed by atoms with Crippen LogP contribution in [-0.4, -0.2) is 159 Å². The predicted molar refractivity (Wildman–Crippen MR) is 296 cm³/mol. The zero-order chi connectivity index (χ0) is 56.1. The van der Waals surface area contributed by atoms with Crippen LogP contribution in [0.4, 0.5) is 0 Å². The van der Waals surface area contributed by atoms with Crippen molar-refractivity contribution >= 4 is 29.8 Å². The summed E-state index contributed by atoms with van der Waals surface area (Å²) in [6, 6.07) is -0.314. The molecule has 5 N–H and O–H groups in total. The van der Waals surface area contributed by atoms with Gasteiger partial charge in [-0.05, 0) is 104 Å². The topological polar surface area (TPSA) is 202 Å². The van der Waals surface area contributed by atoms with Gasteiger partial charge in [0.05, 0.1) is 69.1 Å². The second-order valence-electron chi connectivity index (χ2n) is 16.7. The van der Waals surface area contributed by atoms with Crippen molar-refractivity contribution in [2.24, 2.45) is 5.92 Å². The van der Waals surface area contributed by atoms with Crippen LogP contribution in [0.15, 0.2) is 11.6 Å². The molecule has 0 radical (unpaired) electrons. The fraction of sp³-hybridized carbons (Fsp3) is 0.833. The van der Waals surface area contributed by atoms with Gasteiger partial charge in [0.1, 0.15) is 6.10 Å². The molecule has 0 aromatic heterocycles. The normalized spacial score (nSPS) is 29.0. The number of rotatable bonds is 16. The van der Waals surface area contributed by atoms with E-state index < -0.39 is 43.3 Å². The minimum atomic E-state index is -0.721. The van der Waals surface area contributed by atoms with Gasteiger partial charge in [-0.15, -0.1) is 0 Å². The molecular formula is C54H105NO15S2. The lowest BCUT2D eigenvalue weighted by molar-refractivity contribution is -0.270. The Kier molecular flexibility index (Phi) is 45.9. The van der Waals surface area contributed by atoms with Crippen LogP contribution >= 0.6 is 23.5 Å². The van der Waals surface area contributed by atoms with Crippen LogP contribution in [-0.2, 0) is 33.3 Å². The molecule has 16 nitrogen and oxygen atoms in total. The Morgan fingerprint density at radius 1 is 0.764 bits per heavy atom. The number of carbonyl (C=O) groups excluding carboxylic acids is 1. The average molecular weight is 1070 g/mol. The first-order chi connectivity index (χ1) is 34.5. The Hall–Kier alpha value is -1.75. The average Bonchev–Trinajstić information content (AvgIpc) is 3.39. The SMILES string of the molecule is CC.CC.CC.CC.CC1CCC(O)OC1.CO.COc1c(C=O)c(C)c(C)c(OC2C[C@H](OC)C(O)[C@H](C)O2)c1OC.CSC/C=C(/C)C[C@H](C)OC1CC(O)[C@H](NOC2CC[C@H](SC)C(C)O2)C(C)O1. The molecule has 14 atom stereocenters. The van der Waals surface area contributed by atoms with Crippen molar-refractivity contribution < 1.29 is 72.7 Å². The van der Waals surface area contributed by atoms with Crippen molar-refractivity contribution in [1.29, 1.82) is 0 Å². The third kappa shape index (κ3) is 26.3. The Morgan fingerprint density at radius 3 is 1.82 bits per heavy atom. The zero-order valence-corrected chi connectivity index (χ0v) is 50.3. The maximum absolute atomic E-state index is 11.4. The summed E-state index contributed by atoms with van der Waals surface area (Å²) in [5, 5.41) is 37.0. The smallest absolute Gasteiger partial charge is 0.204 e. The molecule has 428 valence electrons. The fourth-order valence-electron chi connectivity index (χ4n) is 7.78. The Labute approximate surface area is 446 Å². The van der Waals surface area contributed by atoms with Crippen LogP contribution in [0.2, 0.25) is 0 Å². The van der Waals surface area contributed by atoms with Gasteiger partial charge in [-0.25, -0.2) is 0 Å². The van der Waals surface area contributed by atoms with E-state index in [4.69, 9.17) is 57.7 Å². The van der Waals surface area contributed by atoms with Crippen molar-refractivity contribution in [2.45, 2.75) is 235 Å². The lowest BCUT2D eigenvalue weighted by Gasteiger charge is -2.40. The van der Waals surface area contributed by atoms with Crippen molar-refractivity contribution in [3.8, 4) is 17.2 Å². The Morgan fingerprint density at radius 2 is 1.35 bits per heavy atom. The highest BCUT2D eigenvalue weighted by Gasteiger charge is 2.39. The molecule has 5 rings (SSSR count).